The van der Waals surface area contributed by atoms with Crippen molar-refractivity contribution in [3.05, 3.63) is 71.5 Å². The van der Waals surface area contributed by atoms with Crippen LogP contribution in [0, 0.1) is 6.92 Å². The summed E-state index contributed by atoms with van der Waals surface area (Å²) < 4.78 is 7.48. The van der Waals surface area contributed by atoms with Crippen LogP contribution in [0.1, 0.15) is 29.3 Å². The van der Waals surface area contributed by atoms with Crippen LogP contribution >= 0.6 is 0 Å². The Morgan fingerprint density at radius 3 is 2.96 bits per heavy atom. The third-order valence-electron chi connectivity index (χ3n) is 4.43. The predicted octanol–water partition coefficient (Wildman–Crippen LogP) is 3.22. The molecule has 0 spiro atoms. The number of pyridine rings is 1. The van der Waals surface area contributed by atoms with E-state index >= 15 is 0 Å². The number of amides is 1. The lowest BCUT2D eigenvalue weighted by Gasteiger charge is -2.25. The van der Waals surface area contributed by atoms with Gasteiger partial charge in [-0.2, -0.15) is 9.78 Å². The van der Waals surface area contributed by atoms with E-state index in [0.29, 0.717) is 18.2 Å². The molecule has 4 rings (SSSR count). The fraction of sp³-hybridized carbons (Fsp3) is 0.250. The van der Waals surface area contributed by atoms with E-state index in [1.807, 2.05) is 49.4 Å². The third-order valence-corrected chi connectivity index (χ3v) is 4.43. The molecule has 0 radical (unpaired) electrons. The van der Waals surface area contributed by atoms with Crippen LogP contribution in [-0.4, -0.2) is 27.3 Å². The van der Waals surface area contributed by atoms with Gasteiger partial charge in [0.25, 0.3) is 0 Å². The molecule has 1 atom stereocenters. The highest BCUT2D eigenvalue weighted by molar-refractivity contribution is 5.90. The van der Waals surface area contributed by atoms with Crippen LogP contribution in [0.2, 0.25) is 0 Å². The van der Waals surface area contributed by atoms with Crippen LogP contribution in [0.25, 0.3) is 5.82 Å². The highest BCUT2D eigenvalue weighted by Crippen LogP contribution is 2.29. The first-order chi connectivity index (χ1) is 12.7. The molecule has 0 saturated heterocycles. The largest absolute Gasteiger partial charge is 0.373 e. The van der Waals surface area contributed by atoms with Crippen LogP contribution in [0.3, 0.4) is 0 Å². The minimum absolute atomic E-state index is 0.108. The summed E-state index contributed by atoms with van der Waals surface area (Å²) in [6, 6.07) is 15.6. The Balaban J connectivity index is 1.52. The smallest absolute Gasteiger partial charge is 0.228 e. The minimum atomic E-state index is -0.215. The van der Waals surface area contributed by atoms with Crippen LogP contribution in [0.15, 0.2) is 54.7 Å². The van der Waals surface area contributed by atoms with Crippen molar-refractivity contribution in [2.45, 2.75) is 25.9 Å². The Labute approximate surface area is 151 Å². The predicted molar refractivity (Wildman–Crippen MR) is 98.2 cm³/mol. The third kappa shape index (κ3) is 3.36. The maximum atomic E-state index is 12.6. The summed E-state index contributed by atoms with van der Waals surface area (Å²) in [7, 11) is 0. The van der Waals surface area contributed by atoms with Crippen LogP contribution in [-0.2, 0) is 16.0 Å². The van der Waals surface area contributed by atoms with Crippen molar-refractivity contribution in [3.63, 3.8) is 0 Å². The number of nitrogens with one attached hydrogen (secondary N) is 1. The molecule has 0 saturated carbocycles. The van der Waals surface area contributed by atoms with E-state index in [2.05, 4.69) is 21.5 Å². The molecule has 0 bridgehead atoms. The number of anilines is 1. The Bertz CT molecular complexity index is 921. The van der Waals surface area contributed by atoms with E-state index in [9.17, 15) is 4.79 Å². The van der Waals surface area contributed by atoms with Crippen molar-refractivity contribution in [2.24, 2.45) is 0 Å². The topological polar surface area (TPSA) is 69.0 Å². The summed E-state index contributed by atoms with van der Waals surface area (Å²) in [5, 5.41) is 7.37. The summed E-state index contributed by atoms with van der Waals surface area (Å²) >= 11 is 0. The monoisotopic (exact) mass is 348 g/mol. The number of nitrogens with zero attached hydrogens (tertiary/aromatic N) is 3. The van der Waals surface area contributed by atoms with Gasteiger partial charge in [0.2, 0.25) is 5.91 Å². The summed E-state index contributed by atoms with van der Waals surface area (Å²) in [6.45, 7) is 2.52. The summed E-state index contributed by atoms with van der Waals surface area (Å²) in [6.07, 6.45) is 2.64. The number of aryl methyl sites for hydroxylation is 1. The van der Waals surface area contributed by atoms with Crippen molar-refractivity contribution in [1.82, 2.24) is 14.8 Å². The average Bonchev–Trinajstić information content (AvgIpc) is 3.03. The van der Waals surface area contributed by atoms with Crippen molar-refractivity contribution >= 4 is 11.7 Å². The molecule has 3 heterocycles. The summed E-state index contributed by atoms with van der Waals surface area (Å²) in [4.78, 5) is 16.9. The van der Waals surface area contributed by atoms with Gasteiger partial charge < -0.3 is 10.1 Å². The number of fused-ring (bicyclic) bond motifs is 1. The minimum Gasteiger partial charge on any atom is -0.373 e. The van der Waals surface area contributed by atoms with Crippen molar-refractivity contribution < 1.29 is 9.53 Å². The number of benzene rings is 1. The number of aromatic nitrogens is 3. The molecule has 1 N–H and O–H groups in total. The first-order valence-electron chi connectivity index (χ1n) is 8.68. The highest BCUT2D eigenvalue weighted by atomic mass is 16.5. The van der Waals surface area contributed by atoms with E-state index < -0.39 is 0 Å². The Morgan fingerprint density at radius 1 is 1.27 bits per heavy atom. The quantitative estimate of drug-likeness (QED) is 0.786. The second-order valence-corrected chi connectivity index (χ2v) is 6.33. The zero-order valence-corrected chi connectivity index (χ0v) is 14.6. The molecule has 6 heteroatoms. The van der Waals surface area contributed by atoms with E-state index in [1.54, 1.807) is 10.9 Å². The van der Waals surface area contributed by atoms with Crippen molar-refractivity contribution in [1.29, 1.82) is 0 Å². The molecular weight excluding hydrogens is 328 g/mol. The molecule has 0 unspecified atom stereocenters. The fourth-order valence-corrected chi connectivity index (χ4v) is 3.25. The molecule has 6 nitrogen and oxygen atoms in total. The van der Waals surface area contributed by atoms with Gasteiger partial charge in [0, 0.05) is 12.3 Å². The number of carbonyl (C=O) groups is 1. The normalized spacial score (nSPS) is 16.1. The lowest BCUT2D eigenvalue weighted by molar-refractivity contribution is -0.119. The number of carbonyl (C=O) groups excluding carboxylic acids is 1. The lowest BCUT2D eigenvalue weighted by atomic mass is 9.96. The van der Waals surface area contributed by atoms with E-state index in [4.69, 9.17) is 4.74 Å². The first-order valence-corrected chi connectivity index (χ1v) is 8.68. The Morgan fingerprint density at radius 2 is 2.12 bits per heavy atom. The number of hydrogen-bond acceptors (Lipinski definition) is 4. The SMILES string of the molecule is Cc1cc(NC(=O)C[C@@H]2OCCc3ccccc32)n(-c2ccccn2)n1. The van der Waals surface area contributed by atoms with Gasteiger partial charge in [-0.1, -0.05) is 30.3 Å². The number of hydrogen-bond donors (Lipinski definition) is 1. The van der Waals surface area contributed by atoms with Gasteiger partial charge in [0.15, 0.2) is 5.82 Å². The van der Waals surface area contributed by atoms with E-state index in [1.165, 1.54) is 5.56 Å². The van der Waals surface area contributed by atoms with Crippen LogP contribution < -0.4 is 5.32 Å². The second-order valence-electron chi connectivity index (χ2n) is 6.33. The molecule has 3 aromatic rings. The Kier molecular flexibility index (Phi) is 4.50. The van der Waals surface area contributed by atoms with Gasteiger partial charge in [-0.3, -0.25) is 4.79 Å². The number of ether oxygens (including phenoxy) is 1. The first kappa shape index (κ1) is 16.5. The lowest BCUT2D eigenvalue weighted by Crippen LogP contribution is -2.23. The molecule has 1 amide bonds. The zero-order valence-electron chi connectivity index (χ0n) is 14.6. The summed E-state index contributed by atoms with van der Waals surface area (Å²) in [5.41, 5.74) is 3.17. The molecular formula is C20H20N4O2. The van der Waals surface area contributed by atoms with Gasteiger partial charge in [-0.25, -0.2) is 4.98 Å². The van der Waals surface area contributed by atoms with Gasteiger partial charge in [0.1, 0.15) is 5.82 Å². The highest BCUT2D eigenvalue weighted by Gasteiger charge is 2.23. The number of rotatable bonds is 4. The Hall–Kier alpha value is -2.99. The van der Waals surface area contributed by atoms with Gasteiger partial charge in [0.05, 0.1) is 24.8 Å². The molecule has 132 valence electrons. The van der Waals surface area contributed by atoms with Crippen LogP contribution in [0.5, 0.6) is 0 Å². The second kappa shape index (κ2) is 7.09. The van der Waals surface area contributed by atoms with Gasteiger partial charge >= 0.3 is 0 Å². The maximum absolute atomic E-state index is 12.6. The zero-order chi connectivity index (χ0) is 17.9. The average molecular weight is 348 g/mol. The molecule has 2 aromatic heterocycles. The van der Waals surface area contributed by atoms with Crippen molar-refractivity contribution in [2.75, 3.05) is 11.9 Å². The molecule has 0 fully saturated rings. The summed E-state index contributed by atoms with van der Waals surface area (Å²) in [5.74, 6) is 1.16. The van der Waals surface area contributed by atoms with E-state index in [-0.39, 0.29) is 18.4 Å². The molecule has 0 aliphatic carbocycles. The van der Waals surface area contributed by atoms with Crippen molar-refractivity contribution in [3.8, 4) is 5.82 Å². The van der Waals surface area contributed by atoms with Gasteiger partial charge in [-0.05, 0) is 36.6 Å². The molecule has 1 aliphatic rings. The molecule has 26 heavy (non-hydrogen) atoms. The fourth-order valence-electron chi connectivity index (χ4n) is 3.25. The maximum Gasteiger partial charge on any atom is 0.228 e. The van der Waals surface area contributed by atoms with E-state index in [0.717, 1.165) is 17.7 Å². The standard InChI is InChI=1S/C20H20N4O2/c1-14-12-19(24(23-14)18-8-4-5-10-21-18)22-20(25)13-17-16-7-3-2-6-15(16)9-11-26-17/h2-8,10,12,17H,9,11,13H2,1H3,(H,22,25)/t17-/m0/s1. The van der Waals surface area contributed by atoms with Gasteiger partial charge in [-0.15, -0.1) is 0 Å². The van der Waals surface area contributed by atoms with Crippen LogP contribution in [0.4, 0.5) is 5.82 Å². The molecule has 1 aromatic carbocycles. The molecule has 1 aliphatic heterocycles.